The Balaban J connectivity index is 1.50. The SMILES string of the molecule is CC(=O)Nc1ccc(NC(=O)CSc2nnnn2C2CC2)cc1. The monoisotopic (exact) mass is 332 g/mol. The van der Waals surface area contributed by atoms with E-state index in [0.29, 0.717) is 22.6 Å². The summed E-state index contributed by atoms with van der Waals surface area (Å²) in [5.41, 5.74) is 1.36. The number of thioether (sulfide) groups is 1. The number of nitrogens with zero attached hydrogens (tertiary/aromatic N) is 4. The van der Waals surface area contributed by atoms with Gasteiger partial charge in [0.1, 0.15) is 0 Å². The van der Waals surface area contributed by atoms with Gasteiger partial charge in [0.15, 0.2) is 0 Å². The molecular weight excluding hydrogens is 316 g/mol. The molecule has 3 rings (SSSR count). The van der Waals surface area contributed by atoms with E-state index >= 15 is 0 Å². The Hall–Kier alpha value is -2.42. The topological polar surface area (TPSA) is 102 Å². The standard InChI is InChI=1S/C14H16N6O2S/c1-9(21)15-10-2-4-11(5-3-10)16-13(22)8-23-14-17-18-19-20(14)12-6-7-12/h2-5,12H,6-8H2,1H3,(H,15,21)(H,16,22). The highest BCUT2D eigenvalue weighted by molar-refractivity contribution is 7.99. The molecule has 1 fully saturated rings. The number of benzene rings is 1. The van der Waals surface area contributed by atoms with Crippen LogP contribution in [-0.4, -0.2) is 37.8 Å². The molecule has 1 aliphatic rings. The highest BCUT2D eigenvalue weighted by Gasteiger charge is 2.28. The normalized spacial score (nSPS) is 13.6. The maximum atomic E-state index is 12.0. The average molecular weight is 332 g/mol. The van der Waals surface area contributed by atoms with E-state index in [4.69, 9.17) is 0 Å². The van der Waals surface area contributed by atoms with E-state index in [1.807, 2.05) is 0 Å². The number of aromatic nitrogens is 4. The van der Waals surface area contributed by atoms with E-state index in [1.165, 1.54) is 18.7 Å². The third-order valence-corrected chi connectivity index (χ3v) is 4.11. The first-order valence-corrected chi connectivity index (χ1v) is 8.18. The first kappa shape index (κ1) is 15.5. The zero-order valence-electron chi connectivity index (χ0n) is 12.5. The van der Waals surface area contributed by atoms with Gasteiger partial charge >= 0.3 is 0 Å². The summed E-state index contributed by atoms with van der Waals surface area (Å²) in [6.45, 7) is 1.45. The summed E-state index contributed by atoms with van der Waals surface area (Å²) in [6.07, 6.45) is 2.18. The molecule has 1 aromatic carbocycles. The lowest BCUT2D eigenvalue weighted by Crippen LogP contribution is -2.14. The molecule has 0 aliphatic heterocycles. The molecule has 0 bridgehead atoms. The number of hydrogen-bond donors (Lipinski definition) is 2. The molecule has 0 saturated heterocycles. The van der Waals surface area contributed by atoms with Gasteiger partial charge in [-0.25, -0.2) is 4.68 Å². The van der Waals surface area contributed by atoms with Crippen LogP contribution in [0.4, 0.5) is 11.4 Å². The number of hydrogen-bond acceptors (Lipinski definition) is 6. The van der Waals surface area contributed by atoms with Crippen molar-refractivity contribution in [2.24, 2.45) is 0 Å². The van der Waals surface area contributed by atoms with E-state index in [-0.39, 0.29) is 17.6 Å². The summed E-state index contributed by atoms with van der Waals surface area (Å²) in [5, 5.41) is 17.7. The number of carbonyl (C=O) groups excluding carboxylic acids is 2. The summed E-state index contributed by atoms with van der Waals surface area (Å²) < 4.78 is 1.78. The molecule has 1 saturated carbocycles. The second-order valence-corrected chi connectivity index (χ2v) is 6.18. The first-order chi connectivity index (χ1) is 11.1. The Morgan fingerprint density at radius 1 is 1.22 bits per heavy atom. The Kier molecular flexibility index (Phi) is 4.56. The number of nitrogens with one attached hydrogen (secondary N) is 2. The predicted octanol–water partition coefficient (Wildman–Crippen LogP) is 1.70. The minimum atomic E-state index is -0.133. The highest BCUT2D eigenvalue weighted by atomic mass is 32.2. The third kappa shape index (κ3) is 4.28. The van der Waals surface area contributed by atoms with Crippen LogP contribution in [0.25, 0.3) is 0 Å². The lowest BCUT2D eigenvalue weighted by atomic mass is 10.3. The van der Waals surface area contributed by atoms with Gasteiger partial charge in [-0.15, -0.1) is 5.10 Å². The van der Waals surface area contributed by atoms with Gasteiger partial charge in [-0.05, 0) is 47.5 Å². The highest BCUT2D eigenvalue weighted by Crippen LogP contribution is 2.36. The number of amides is 2. The predicted molar refractivity (Wildman–Crippen MR) is 86.2 cm³/mol. The van der Waals surface area contributed by atoms with Crippen LogP contribution in [0.2, 0.25) is 0 Å². The van der Waals surface area contributed by atoms with Crippen molar-refractivity contribution in [1.82, 2.24) is 20.2 Å². The molecule has 9 heteroatoms. The van der Waals surface area contributed by atoms with Crippen molar-refractivity contribution in [1.29, 1.82) is 0 Å². The van der Waals surface area contributed by atoms with E-state index in [0.717, 1.165) is 12.8 Å². The molecule has 2 N–H and O–H groups in total. The van der Waals surface area contributed by atoms with E-state index < -0.39 is 0 Å². The summed E-state index contributed by atoms with van der Waals surface area (Å²) in [4.78, 5) is 22.9. The molecule has 2 aromatic rings. The largest absolute Gasteiger partial charge is 0.326 e. The molecule has 120 valence electrons. The first-order valence-electron chi connectivity index (χ1n) is 7.20. The van der Waals surface area contributed by atoms with Crippen LogP contribution in [0.5, 0.6) is 0 Å². The number of tetrazole rings is 1. The molecule has 1 aromatic heterocycles. The van der Waals surface area contributed by atoms with Gasteiger partial charge in [-0.3, -0.25) is 9.59 Å². The molecule has 1 heterocycles. The van der Waals surface area contributed by atoms with Crippen LogP contribution in [0.15, 0.2) is 29.4 Å². The van der Waals surface area contributed by atoms with Crippen molar-refractivity contribution in [2.45, 2.75) is 31.0 Å². The van der Waals surface area contributed by atoms with Crippen molar-refractivity contribution in [2.75, 3.05) is 16.4 Å². The smallest absolute Gasteiger partial charge is 0.234 e. The molecule has 8 nitrogen and oxygen atoms in total. The number of anilines is 2. The van der Waals surface area contributed by atoms with Gasteiger partial charge in [0, 0.05) is 18.3 Å². The fourth-order valence-corrected chi connectivity index (χ4v) is 2.74. The Morgan fingerprint density at radius 2 is 1.87 bits per heavy atom. The maximum absolute atomic E-state index is 12.0. The quantitative estimate of drug-likeness (QED) is 0.781. The van der Waals surface area contributed by atoms with Gasteiger partial charge in [-0.2, -0.15) is 0 Å². The van der Waals surface area contributed by atoms with Crippen LogP contribution in [0.3, 0.4) is 0 Å². The Morgan fingerprint density at radius 3 is 2.48 bits per heavy atom. The van der Waals surface area contributed by atoms with Crippen LogP contribution in [0.1, 0.15) is 25.8 Å². The lowest BCUT2D eigenvalue weighted by molar-refractivity contribution is -0.114. The number of rotatable bonds is 6. The minimum absolute atomic E-state index is 0.132. The van der Waals surface area contributed by atoms with Crippen molar-refractivity contribution in [3.63, 3.8) is 0 Å². The second kappa shape index (κ2) is 6.78. The molecule has 0 atom stereocenters. The van der Waals surface area contributed by atoms with E-state index in [9.17, 15) is 9.59 Å². The molecule has 23 heavy (non-hydrogen) atoms. The fraction of sp³-hybridized carbons (Fsp3) is 0.357. The average Bonchev–Trinajstić information content (AvgIpc) is 3.25. The lowest BCUT2D eigenvalue weighted by Gasteiger charge is -2.07. The fourth-order valence-electron chi connectivity index (χ4n) is 2.00. The Labute approximate surface area is 137 Å². The third-order valence-electron chi connectivity index (χ3n) is 3.18. The molecule has 0 radical (unpaired) electrons. The van der Waals surface area contributed by atoms with Crippen molar-refractivity contribution < 1.29 is 9.59 Å². The number of carbonyl (C=O) groups is 2. The zero-order valence-corrected chi connectivity index (χ0v) is 13.3. The van der Waals surface area contributed by atoms with Crippen molar-refractivity contribution in [3.8, 4) is 0 Å². The van der Waals surface area contributed by atoms with Crippen LogP contribution < -0.4 is 10.6 Å². The van der Waals surface area contributed by atoms with Crippen molar-refractivity contribution >= 4 is 35.0 Å². The van der Waals surface area contributed by atoms with E-state index in [2.05, 4.69) is 26.2 Å². The summed E-state index contributed by atoms with van der Waals surface area (Å²) >= 11 is 1.32. The molecule has 2 amide bonds. The second-order valence-electron chi connectivity index (χ2n) is 5.23. The zero-order chi connectivity index (χ0) is 16.2. The molecule has 1 aliphatic carbocycles. The van der Waals surface area contributed by atoms with E-state index in [1.54, 1.807) is 28.9 Å². The molecular formula is C14H16N6O2S. The summed E-state index contributed by atoms with van der Waals surface area (Å²) in [6, 6.07) is 7.33. The minimum Gasteiger partial charge on any atom is -0.326 e. The van der Waals surface area contributed by atoms with Gasteiger partial charge in [-0.1, -0.05) is 11.8 Å². The van der Waals surface area contributed by atoms with Crippen LogP contribution in [-0.2, 0) is 9.59 Å². The molecule has 0 unspecified atom stereocenters. The van der Waals surface area contributed by atoms with Crippen LogP contribution in [0, 0.1) is 0 Å². The Bertz CT molecular complexity index is 710. The van der Waals surface area contributed by atoms with Gasteiger partial charge in [0.25, 0.3) is 0 Å². The van der Waals surface area contributed by atoms with Gasteiger partial charge in [0.2, 0.25) is 17.0 Å². The molecule has 0 spiro atoms. The maximum Gasteiger partial charge on any atom is 0.234 e. The van der Waals surface area contributed by atoms with Gasteiger partial charge < -0.3 is 10.6 Å². The summed E-state index contributed by atoms with van der Waals surface area (Å²) in [7, 11) is 0. The van der Waals surface area contributed by atoms with Crippen molar-refractivity contribution in [3.05, 3.63) is 24.3 Å². The van der Waals surface area contributed by atoms with Crippen LogP contribution >= 0.6 is 11.8 Å². The summed E-state index contributed by atoms with van der Waals surface area (Å²) in [5.74, 6) is -0.0280. The van der Waals surface area contributed by atoms with Gasteiger partial charge in [0.05, 0.1) is 11.8 Å².